The molecular formula is C15H22N2O5S. The molecule has 1 saturated heterocycles. The number of rotatable bonds is 5. The van der Waals surface area contributed by atoms with Crippen molar-refractivity contribution in [3.8, 4) is 5.75 Å². The Morgan fingerprint density at radius 1 is 1.39 bits per heavy atom. The number of benzene rings is 1. The summed E-state index contributed by atoms with van der Waals surface area (Å²) in [5, 5.41) is 12.5. The highest BCUT2D eigenvalue weighted by Crippen LogP contribution is 2.21. The fourth-order valence-electron chi connectivity index (χ4n) is 2.46. The third-order valence-corrected chi connectivity index (χ3v) is 6.01. The lowest BCUT2D eigenvalue weighted by atomic mass is 10.0. The number of ether oxygens (including phenoxy) is 1. The molecular weight excluding hydrogens is 320 g/mol. The van der Waals surface area contributed by atoms with Gasteiger partial charge in [-0.05, 0) is 19.1 Å². The molecule has 0 aliphatic carbocycles. The highest BCUT2D eigenvalue weighted by molar-refractivity contribution is 7.89. The summed E-state index contributed by atoms with van der Waals surface area (Å²) in [6, 6.07) is 4.35. The monoisotopic (exact) mass is 342 g/mol. The van der Waals surface area contributed by atoms with Crippen molar-refractivity contribution in [3.63, 3.8) is 0 Å². The van der Waals surface area contributed by atoms with Crippen molar-refractivity contribution in [2.45, 2.75) is 13.0 Å². The minimum atomic E-state index is -3.37. The van der Waals surface area contributed by atoms with E-state index in [9.17, 15) is 18.3 Å². The molecule has 8 heteroatoms. The number of hydrogen-bond acceptors (Lipinski definition) is 5. The number of phenolic OH excluding ortho intramolecular Hbond substituents is 1. The van der Waals surface area contributed by atoms with E-state index < -0.39 is 10.0 Å². The second-order valence-corrected chi connectivity index (χ2v) is 8.12. The van der Waals surface area contributed by atoms with Gasteiger partial charge in [0.1, 0.15) is 5.75 Å². The zero-order chi connectivity index (χ0) is 17.2. The van der Waals surface area contributed by atoms with Crippen molar-refractivity contribution in [1.82, 2.24) is 9.62 Å². The Morgan fingerprint density at radius 2 is 2.09 bits per heavy atom. The van der Waals surface area contributed by atoms with Crippen molar-refractivity contribution in [2.24, 2.45) is 5.92 Å². The van der Waals surface area contributed by atoms with E-state index in [1.54, 1.807) is 19.1 Å². The maximum atomic E-state index is 12.4. The third-order valence-electron chi connectivity index (χ3n) is 4.05. The van der Waals surface area contributed by atoms with E-state index in [-0.39, 0.29) is 42.6 Å². The Morgan fingerprint density at radius 3 is 2.74 bits per heavy atom. The first kappa shape index (κ1) is 17.7. The minimum absolute atomic E-state index is 0.0482. The molecule has 0 unspecified atom stereocenters. The van der Waals surface area contributed by atoms with E-state index >= 15 is 0 Å². The van der Waals surface area contributed by atoms with Gasteiger partial charge in [-0.1, -0.05) is 6.07 Å². The maximum Gasteiger partial charge on any atom is 0.251 e. The highest BCUT2D eigenvalue weighted by atomic mass is 32.2. The summed E-state index contributed by atoms with van der Waals surface area (Å²) < 4.78 is 30.5. The highest BCUT2D eigenvalue weighted by Gasteiger charge is 2.34. The lowest BCUT2D eigenvalue weighted by Gasteiger charge is -2.21. The minimum Gasteiger partial charge on any atom is -0.508 e. The molecule has 7 nitrogen and oxygen atoms in total. The second kappa shape index (κ2) is 6.86. The van der Waals surface area contributed by atoms with Gasteiger partial charge in [0.25, 0.3) is 5.91 Å². The molecule has 0 spiro atoms. The Balaban J connectivity index is 2.09. The summed E-state index contributed by atoms with van der Waals surface area (Å²) in [6.45, 7) is 2.22. The molecule has 2 rings (SSSR count). The normalized spacial score (nSPS) is 21.6. The van der Waals surface area contributed by atoms with Gasteiger partial charge in [0.2, 0.25) is 10.0 Å². The van der Waals surface area contributed by atoms with Crippen molar-refractivity contribution >= 4 is 15.9 Å². The van der Waals surface area contributed by atoms with Crippen LogP contribution in [0.3, 0.4) is 0 Å². The van der Waals surface area contributed by atoms with Gasteiger partial charge in [-0.3, -0.25) is 4.79 Å². The molecule has 0 aromatic heterocycles. The maximum absolute atomic E-state index is 12.4. The SMILES string of the molecule is Cc1c(O)cccc1C(=O)N[C@@H]1COC[C@H]1CS(=O)(=O)N(C)C. The van der Waals surface area contributed by atoms with Crippen LogP contribution in [0.1, 0.15) is 15.9 Å². The summed E-state index contributed by atoms with van der Waals surface area (Å²) >= 11 is 0. The van der Waals surface area contributed by atoms with Gasteiger partial charge in [0.05, 0.1) is 25.0 Å². The topological polar surface area (TPSA) is 95.9 Å². The molecule has 0 radical (unpaired) electrons. The van der Waals surface area contributed by atoms with Crippen LogP contribution in [-0.4, -0.2) is 62.8 Å². The average Bonchev–Trinajstić information content (AvgIpc) is 2.88. The predicted octanol–water partition coefficient (Wildman–Crippen LogP) is 0.337. The molecule has 0 saturated carbocycles. The molecule has 1 amide bonds. The van der Waals surface area contributed by atoms with Gasteiger partial charge in [0.15, 0.2) is 0 Å². The van der Waals surface area contributed by atoms with E-state index in [0.717, 1.165) is 0 Å². The van der Waals surface area contributed by atoms with Crippen molar-refractivity contribution in [3.05, 3.63) is 29.3 Å². The summed E-state index contributed by atoms with van der Waals surface area (Å²) in [5.41, 5.74) is 0.854. The molecule has 1 aromatic carbocycles. The second-order valence-electron chi connectivity index (χ2n) is 5.89. The first-order valence-corrected chi connectivity index (χ1v) is 8.90. The number of nitrogens with one attached hydrogen (secondary N) is 1. The van der Waals surface area contributed by atoms with Crippen LogP contribution in [0.5, 0.6) is 5.75 Å². The van der Waals surface area contributed by atoms with Crippen LogP contribution in [0.25, 0.3) is 0 Å². The summed E-state index contributed by atoms with van der Waals surface area (Å²) in [6.07, 6.45) is 0. The van der Waals surface area contributed by atoms with Crippen molar-refractivity contribution < 1.29 is 23.1 Å². The molecule has 1 aliphatic rings. The first-order valence-electron chi connectivity index (χ1n) is 7.29. The largest absolute Gasteiger partial charge is 0.508 e. The average molecular weight is 342 g/mol. The Kier molecular flexibility index (Phi) is 5.28. The number of sulfonamides is 1. The van der Waals surface area contributed by atoms with Gasteiger partial charge >= 0.3 is 0 Å². The van der Waals surface area contributed by atoms with Gasteiger partial charge in [-0.15, -0.1) is 0 Å². The van der Waals surface area contributed by atoms with E-state index in [1.807, 2.05) is 0 Å². The summed E-state index contributed by atoms with van der Waals surface area (Å²) in [7, 11) is -0.406. The summed E-state index contributed by atoms with van der Waals surface area (Å²) in [5.74, 6) is -0.679. The smallest absolute Gasteiger partial charge is 0.251 e. The van der Waals surface area contributed by atoms with Crippen molar-refractivity contribution in [2.75, 3.05) is 33.1 Å². The van der Waals surface area contributed by atoms with E-state index in [4.69, 9.17) is 4.74 Å². The number of amides is 1. The van der Waals surface area contributed by atoms with Gasteiger partial charge in [0, 0.05) is 31.1 Å². The Hall–Kier alpha value is -1.64. The molecule has 1 fully saturated rings. The Bertz CT molecular complexity index is 687. The molecule has 1 heterocycles. The number of carbonyl (C=O) groups is 1. The fourth-order valence-corrected chi connectivity index (χ4v) is 3.63. The van der Waals surface area contributed by atoms with E-state index in [0.29, 0.717) is 11.1 Å². The lowest BCUT2D eigenvalue weighted by molar-refractivity contribution is 0.0925. The number of aromatic hydroxyl groups is 1. The van der Waals surface area contributed by atoms with Gasteiger partial charge in [-0.25, -0.2) is 12.7 Å². The van der Waals surface area contributed by atoms with Crippen LogP contribution >= 0.6 is 0 Å². The van der Waals surface area contributed by atoms with E-state index in [1.165, 1.54) is 24.5 Å². The number of hydrogen-bond donors (Lipinski definition) is 2. The zero-order valence-corrected chi connectivity index (χ0v) is 14.3. The van der Waals surface area contributed by atoms with Crippen molar-refractivity contribution in [1.29, 1.82) is 0 Å². The van der Waals surface area contributed by atoms with Crippen LogP contribution in [-0.2, 0) is 14.8 Å². The number of phenols is 1. The molecule has 2 N–H and O–H groups in total. The third kappa shape index (κ3) is 4.01. The molecule has 1 aromatic rings. The quantitative estimate of drug-likeness (QED) is 0.804. The Labute approximate surface area is 136 Å². The molecule has 1 aliphatic heterocycles. The lowest BCUT2D eigenvalue weighted by Crippen LogP contribution is -2.43. The first-order chi connectivity index (χ1) is 10.7. The predicted molar refractivity (Wildman–Crippen MR) is 85.9 cm³/mol. The van der Waals surface area contributed by atoms with Crippen LogP contribution in [0.2, 0.25) is 0 Å². The van der Waals surface area contributed by atoms with Crippen LogP contribution in [0.15, 0.2) is 18.2 Å². The van der Waals surface area contributed by atoms with Crippen LogP contribution in [0, 0.1) is 12.8 Å². The number of carbonyl (C=O) groups excluding carboxylic acids is 1. The van der Waals surface area contributed by atoms with Crippen LogP contribution in [0.4, 0.5) is 0 Å². The summed E-state index contributed by atoms with van der Waals surface area (Å²) in [4.78, 5) is 12.4. The molecule has 23 heavy (non-hydrogen) atoms. The van der Waals surface area contributed by atoms with Crippen LogP contribution < -0.4 is 5.32 Å². The van der Waals surface area contributed by atoms with E-state index in [2.05, 4.69) is 5.32 Å². The number of nitrogens with zero attached hydrogens (tertiary/aromatic N) is 1. The molecule has 0 bridgehead atoms. The molecule has 128 valence electrons. The standard InChI is InChI=1S/C15H22N2O5S/c1-10-12(5-4-6-14(10)18)15(19)16-13-8-22-7-11(13)9-23(20,21)17(2)3/h4-6,11,13,18H,7-9H2,1-3H3,(H,16,19)/t11-,13+/m0/s1. The van der Waals surface area contributed by atoms with Gasteiger partial charge < -0.3 is 15.2 Å². The zero-order valence-electron chi connectivity index (χ0n) is 13.4. The van der Waals surface area contributed by atoms with Gasteiger partial charge in [-0.2, -0.15) is 0 Å². The fraction of sp³-hybridized carbons (Fsp3) is 0.533. The molecule has 2 atom stereocenters.